The van der Waals surface area contributed by atoms with E-state index in [-0.39, 0.29) is 37.1 Å². The molecule has 0 fully saturated rings. The maximum atomic E-state index is 13.5. The topological polar surface area (TPSA) is 97.6 Å². The lowest BCUT2D eigenvalue weighted by Gasteiger charge is -2.24. The van der Waals surface area contributed by atoms with Gasteiger partial charge in [0.1, 0.15) is 6.61 Å². The summed E-state index contributed by atoms with van der Waals surface area (Å²) in [5.41, 5.74) is 6.57. The molecule has 7 heteroatoms. The number of amides is 1. The summed E-state index contributed by atoms with van der Waals surface area (Å²) in [6, 6.07) is 23.4. The van der Waals surface area contributed by atoms with E-state index in [1.807, 2.05) is 80.2 Å². The number of fused-ring (bicyclic) bond motifs is 4. The van der Waals surface area contributed by atoms with Crippen molar-refractivity contribution < 1.29 is 24.2 Å². The Hall–Kier alpha value is -4.39. The fraction of sp³-hybridized carbons (Fsp3) is 0.324. The standard InChI is InChI=1S/C34H36N2O5/c1-21(2)33(31(37)17-22(18-32(38)39)16-23-19-36(3)30-15-9-8-10-24(23)30)35-34(40)41-20-29-27-13-6-4-11-25(27)26-12-5-7-14-28(26)29/h4-15,19,21-22,29,33H,16-18,20H2,1-3H3,(H,35,40)(H,38,39)/t22-,33+/m1/s1. The van der Waals surface area contributed by atoms with Gasteiger partial charge in [0, 0.05) is 42.9 Å². The number of rotatable bonds is 11. The van der Waals surface area contributed by atoms with Crippen molar-refractivity contribution in [1.82, 2.24) is 9.88 Å². The number of carboxylic acids is 1. The van der Waals surface area contributed by atoms with Crippen LogP contribution < -0.4 is 5.32 Å². The first-order chi connectivity index (χ1) is 19.7. The van der Waals surface area contributed by atoms with Crippen LogP contribution in [0, 0.1) is 11.8 Å². The zero-order valence-electron chi connectivity index (χ0n) is 23.7. The molecule has 3 aromatic carbocycles. The molecule has 0 spiro atoms. The van der Waals surface area contributed by atoms with Crippen LogP contribution in [0.5, 0.6) is 0 Å². The fourth-order valence-electron chi connectivity index (χ4n) is 6.16. The molecule has 4 aromatic rings. The van der Waals surface area contributed by atoms with Crippen molar-refractivity contribution in [3.05, 3.63) is 95.7 Å². The highest BCUT2D eigenvalue weighted by atomic mass is 16.5. The summed E-state index contributed by atoms with van der Waals surface area (Å²) in [6.07, 6.45) is 1.71. The second-order valence-electron chi connectivity index (χ2n) is 11.3. The van der Waals surface area contributed by atoms with Gasteiger partial charge in [-0.3, -0.25) is 9.59 Å². The molecule has 7 nitrogen and oxygen atoms in total. The maximum Gasteiger partial charge on any atom is 0.407 e. The zero-order chi connectivity index (χ0) is 29.1. The molecular formula is C34H36N2O5. The van der Waals surface area contributed by atoms with E-state index in [4.69, 9.17) is 4.74 Å². The lowest BCUT2D eigenvalue weighted by Crippen LogP contribution is -2.45. The zero-order valence-corrected chi connectivity index (χ0v) is 23.7. The highest BCUT2D eigenvalue weighted by Gasteiger charge is 2.31. The third-order valence-corrected chi connectivity index (χ3v) is 8.07. The Morgan fingerprint density at radius 3 is 2.15 bits per heavy atom. The molecule has 1 amide bonds. The van der Waals surface area contributed by atoms with Crippen LogP contribution in [0.1, 0.15) is 49.3 Å². The van der Waals surface area contributed by atoms with Crippen LogP contribution in [0.3, 0.4) is 0 Å². The van der Waals surface area contributed by atoms with Crippen LogP contribution in [0.25, 0.3) is 22.0 Å². The van der Waals surface area contributed by atoms with E-state index in [1.54, 1.807) is 0 Å². The molecule has 0 unspecified atom stereocenters. The minimum atomic E-state index is -0.950. The normalized spacial score (nSPS) is 14.0. The fourth-order valence-corrected chi connectivity index (χ4v) is 6.16. The molecule has 2 N–H and O–H groups in total. The van der Waals surface area contributed by atoms with Gasteiger partial charge in [0.05, 0.1) is 6.04 Å². The number of carbonyl (C=O) groups excluding carboxylic acids is 2. The minimum absolute atomic E-state index is 0.0437. The number of aryl methyl sites for hydroxylation is 1. The van der Waals surface area contributed by atoms with Crippen molar-refractivity contribution in [2.45, 2.75) is 45.1 Å². The van der Waals surface area contributed by atoms with Crippen LogP contribution in [0.4, 0.5) is 4.79 Å². The molecule has 1 aliphatic carbocycles. The van der Waals surface area contributed by atoms with Gasteiger partial charge in [-0.05, 0) is 52.1 Å². The van der Waals surface area contributed by atoms with E-state index < -0.39 is 24.0 Å². The van der Waals surface area contributed by atoms with Gasteiger partial charge in [0.25, 0.3) is 0 Å². The monoisotopic (exact) mass is 552 g/mol. The molecule has 41 heavy (non-hydrogen) atoms. The van der Waals surface area contributed by atoms with E-state index in [2.05, 4.69) is 29.6 Å². The van der Waals surface area contributed by atoms with Gasteiger partial charge in [-0.2, -0.15) is 0 Å². The molecule has 0 radical (unpaired) electrons. The molecule has 2 atom stereocenters. The second-order valence-corrected chi connectivity index (χ2v) is 11.3. The Morgan fingerprint density at radius 1 is 0.902 bits per heavy atom. The summed E-state index contributed by atoms with van der Waals surface area (Å²) in [5.74, 6) is -1.82. The van der Waals surface area contributed by atoms with Gasteiger partial charge in [-0.25, -0.2) is 4.79 Å². The second kappa shape index (κ2) is 12.0. The number of hydrogen-bond acceptors (Lipinski definition) is 4. The van der Waals surface area contributed by atoms with Gasteiger partial charge in [0.2, 0.25) is 0 Å². The van der Waals surface area contributed by atoms with Gasteiger partial charge in [0.15, 0.2) is 5.78 Å². The molecule has 212 valence electrons. The summed E-state index contributed by atoms with van der Waals surface area (Å²) < 4.78 is 7.70. The molecule has 1 heterocycles. The number of benzene rings is 3. The molecular weight excluding hydrogens is 516 g/mol. The number of para-hydroxylation sites is 1. The van der Waals surface area contributed by atoms with Crippen molar-refractivity contribution in [3.63, 3.8) is 0 Å². The summed E-state index contributed by atoms with van der Waals surface area (Å²) in [7, 11) is 1.95. The lowest BCUT2D eigenvalue weighted by atomic mass is 9.87. The number of alkyl carbamates (subject to hydrolysis) is 1. The molecule has 0 aliphatic heterocycles. The van der Waals surface area contributed by atoms with Crippen molar-refractivity contribution in [1.29, 1.82) is 0 Å². The van der Waals surface area contributed by atoms with Gasteiger partial charge in [-0.15, -0.1) is 0 Å². The minimum Gasteiger partial charge on any atom is -0.481 e. The summed E-state index contributed by atoms with van der Waals surface area (Å²) in [6.45, 7) is 3.88. The average Bonchev–Trinajstić information content (AvgIpc) is 3.44. The Labute approximate surface area is 240 Å². The molecule has 0 bridgehead atoms. The lowest BCUT2D eigenvalue weighted by molar-refractivity contribution is -0.138. The number of nitrogens with one attached hydrogen (secondary N) is 1. The van der Waals surface area contributed by atoms with Crippen molar-refractivity contribution >= 4 is 28.7 Å². The van der Waals surface area contributed by atoms with Crippen LogP contribution in [-0.4, -0.2) is 40.2 Å². The van der Waals surface area contributed by atoms with Gasteiger partial charge >= 0.3 is 12.1 Å². The Bertz CT molecular complexity index is 1540. The number of ketones is 1. The predicted molar refractivity (Wildman–Crippen MR) is 159 cm³/mol. The number of aromatic nitrogens is 1. The summed E-state index contributed by atoms with van der Waals surface area (Å²) >= 11 is 0. The highest BCUT2D eigenvalue weighted by molar-refractivity contribution is 5.89. The van der Waals surface area contributed by atoms with Crippen LogP contribution in [0.2, 0.25) is 0 Å². The van der Waals surface area contributed by atoms with Gasteiger partial charge in [-0.1, -0.05) is 80.6 Å². The number of aliphatic carboxylic acids is 1. The third-order valence-electron chi connectivity index (χ3n) is 8.07. The largest absolute Gasteiger partial charge is 0.481 e. The molecule has 5 rings (SSSR count). The number of nitrogens with zero attached hydrogens (tertiary/aromatic N) is 1. The number of carboxylic acid groups (broad SMARTS) is 1. The summed E-state index contributed by atoms with van der Waals surface area (Å²) in [4.78, 5) is 38.2. The number of hydrogen-bond donors (Lipinski definition) is 2. The third kappa shape index (κ3) is 6.04. The van der Waals surface area contributed by atoms with Crippen LogP contribution in [-0.2, 0) is 27.8 Å². The quantitative estimate of drug-likeness (QED) is 0.226. The number of Topliss-reactive ketones (excluding diaryl/α,β-unsaturated/α-hetero) is 1. The summed E-state index contributed by atoms with van der Waals surface area (Å²) in [5, 5.41) is 13.4. The van der Waals surface area contributed by atoms with E-state index in [0.717, 1.165) is 38.7 Å². The number of carbonyl (C=O) groups is 3. The molecule has 1 aliphatic rings. The first kappa shape index (κ1) is 28.1. The first-order valence-electron chi connectivity index (χ1n) is 14.1. The predicted octanol–water partition coefficient (Wildman–Crippen LogP) is 6.33. The first-order valence-corrected chi connectivity index (χ1v) is 14.1. The Morgan fingerprint density at radius 2 is 1.51 bits per heavy atom. The Balaban J connectivity index is 1.25. The molecule has 0 saturated heterocycles. The van der Waals surface area contributed by atoms with E-state index >= 15 is 0 Å². The molecule has 0 saturated carbocycles. The Kier molecular flexibility index (Phi) is 8.24. The smallest absolute Gasteiger partial charge is 0.407 e. The van der Waals surface area contributed by atoms with Crippen LogP contribution >= 0.6 is 0 Å². The van der Waals surface area contributed by atoms with E-state index in [0.29, 0.717) is 6.42 Å². The number of ether oxygens (including phenoxy) is 1. The van der Waals surface area contributed by atoms with Crippen molar-refractivity contribution in [2.24, 2.45) is 18.9 Å². The maximum absolute atomic E-state index is 13.5. The van der Waals surface area contributed by atoms with Crippen LogP contribution in [0.15, 0.2) is 79.0 Å². The highest BCUT2D eigenvalue weighted by Crippen LogP contribution is 2.44. The van der Waals surface area contributed by atoms with Crippen molar-refractivity contribution in [3.8, 4) is 11.1 Å². The average molecular weight is 553 g/mol. The van der Waals surface area contributed by atoms with E-state index in [9.17, 15) is 19.5 Å². The SMILES string of the molecule is CC(C)[C@H](NC(=O)OCC1c2ccccc2-c2ccccc21)C(=O)C[C@H](CC(=O)O)Cc1cn(C)c2ccccc12. The van der Waals surface area contributed by atoms with Gasteiger partial charge < -0.3 is 19.7 Å². The van der Waals surface area contributed by atoms with E-state index in [1.165, 1.54) is 0 Å². The molecule has 1 aromatic heterocycles. The van der Waals surface area contributed by atoms with Crippen molar-refractivity contribution in [2.75, 3.05) is 6.61 Å².